The molecule has 0 aliphatic rings. The number of nitrogens with one attached hydrogen (secondary N) is 1. The third-order valence-corrected chi connectivity index (χ3v) is 2.31. The highest BCUT2D eigenvalue weighted by molar-refractivity contribution is 6.02. The van der Waals surface area contributed by atoms with Crippen LogP contribution in [-0.2, 0) is 0 Å². The molecule has 0 fully saturated rings. The van der Waals surface area contributed by atoms with Gasteiger partial charge in [0.15, 0.2) is 5.65 Å². The summed E-state index contributed by atoms with van der Waals surface area (Å²) in [5, 5.41) is 9.62. The van der Waals surface area contributed by atoms with Crippen LogP contribution in [0.3, 0.4) is 0 Å². The molecule has 2 N–H and O–H groups in total. The highest BCUT2D eigenvalue weighted by Gasteiger charge is 2.11. The van der Waals surface area contributed by atoms with Gasteiger partial charge >= 0.3 is 6.09 Å². The Morgan fingerprint density at radius 1 is 1.47 bits per heavy atom. The summed E-state index contributed by atoms with van der Waals surface area (Å²) in [6.45, 7) is 0. The molecule has 0 unspecified atom stereocenters. The minimum Gasteiger partial charge on any atom is -0.464 e. The van der Waals surface area contributed by atoms with Crippen LogP contribution in [0.5, 0.6) is 0 Å². The molecule has 0 aliphatic carbocycles. The number of carboxylic acid groups (broad SMARTS) is 1. The summed E-state index contributed by atoms with van der Waals surface area (Å²) >= 11 is 0. The Hall–Kier alpha value is -2.37. The molecule has 3 heterocycles. The Morgan fingerprint density at radius 3 is 3.13 bits per heavy atom. The second kappa shape index (κ2) is 2.57. The van der Waals surface area contributed by atoms with Crippen LogP contribution >= 0.6 is 0 Å². The first-order valence-corrected chi connectivity index (χ1v) is 4.30. The number of nitrogens with zero attached hydrogens (tertiary/aromatic N) is 3. The van der Waals surface area contributed by atoms with Crippen molar-refractivity contribution in [3.8, 4) is 0 Å². The number of aromatic amines is 1. The molecule has 3 aromatic rings. The zero-order valence-electron chi connectivity index (χ0n) is 7.51. The van der Waals surface area contributed by atoms with Crippen LogP contribution < -0.4 is 0 Å². The molecule has 6 nitrogen and oxygen atoms in total. The number of pyridine rings is 1. The second-order valence-electron chi connectivity index (χ2n) is 3.13. The molecule has 0 aromatic carbocycles. The number of fused-ring (bicyclic) bond motifs is 3. The first-order valence-electron chi connectivity index (χ1n) is 4.30. The summed E-state index contributed by atoms with van der Waals surface area (Å²) in [5.74, 6) is 0. The number of H-pyrrole nitrogens is 1. The normalized spacial score (nSPS) is 11.2. The van der Waals surface area contributed by atoms with Gasteiger partial charge in [0.05, 0.1) is 18.0 Å². The third-order valence-electron chi connectivity index (χ3n) is 2.31. The number of hydrogen-bond donors (Lipinski definition) is 2. The molecule has 3 aromatic heterocycles. The van der Waals surface area contributed by atoms with Crippen molar-refractivity contribution in [2.24, 2.45) is 0 Å². The Balaban J connectivity index is 2.51. The second-order valence-corrected chi connectivity index (χ2v) is 3.13. The third kappa shape index (κ3) is 0.954. The highest BCUT2D eigenvalue weighted by Crippen LogP contribution is 2.21. The van der Waals surface area contributed by atoms with Crippen molar-refractivity contribution in [2.75, 3.05) is 0 Å². The Kier molecular flexibility index (Phi) is 1.37. The molecule has 0 bridgehead atoms. The summed E-state index contributed by atoms with van der Waals surface area (Å²) in [7, 11) is 0. The zero-order valence-corrected chi connectivity index (χ0v) is 7.51. The van der Waals surface area contributed by atoms with E-state index in [0.717, 1.165) is 21.0 Å². The lowest BCUT2D eigenvalue weighted by atomic mass is 10.3. The van der Waals surface area contributed by atoms with Crippen LogP contribution in [0, 0.1) is 0 Å². The van der Waals surface area contributed by atoms with Gasteiger partial charge in [0.2, 0.25) is 0 Å². The van der Waals surface area contributed by atoms with E-state index in [0.29, 0.717) is 5.65 Å². The summed E-state index contributed by atoms with van der Waals surface area (Å²) in [4.78, 5) is 22.0. The van der Waals surface area contributed by atoms with E-state index in [1.165, 1.54) is 6.20 Å². The molecule has 0 radical (unpaired) electrons. The monoisotopic (exact) mass is 202 g/mol. The first kappa shape index (κ1) is 7.98. The predicted octanol–water partition coefficient (Wildman–Crippen LogP) is 1.44. The van der Waals surface area contributed by atoms with E-state index in [1.54, 1.807) is 18.6 Å². The van der Waals surface area contributed by atoms with Gasteiger partial charge in [-0.1, -0.05) is 0 Å². The number of imidazole rings is 1. The molecule has 6 heteroatoms. The summed E-state index contributed by atoms with van der Waals surface area (Å²) in [6, 6.07) is 1.69. The van der Waals surface area contributed by atoms with Gasteiger partial charge in [-0.25, -0.2) is 19.3 Å². The lowest BCUT2D eigenvalue weighted by molar-refractivity contribution is 0.197. The van der Waals surface area contributed by atoms with Crippen LogP contribution in [-0.4, -0.2) is 30.7 Å². The SMILES string of the molecule is O=C(O)n1ccc2c3nc[nH]c3cnc21. The predicted molar refractivity (Wildman–Crippen MR) is 52.8 cm³/mol. The van der Waals surface area contributed by atoms with Crippen molar-refractivity contribution < 1.29 is 9.90 Å². The van der Waals surface area contributed by atoms with Gasteiger partial charge in [0.25, 0.3) is 0 Å². The van der Waals surface area contributed by atoms with Gasteiger partial charge in [0.1, 0.15) is 5.52 Å². The van der Waals surface area contributed by atoms with Gasteiger partial charge in [0, 0.05) is 11.6 Å². The highest BCUT2D eigenvalue weighted by atomic mass is 16.4. The van der Waals surface area contributed by atoms with Gasteiger partial charge in [-0.05, 0) is 6.07 Å². The van der Waals surface area contributed by atoms with Crippen LogP contribution in [0.2, 0.25) is 0 Å². The molecule has 0 aliphatic heterocycles. The maximum absolute atomic E-state index is 10.8. The van der Waals surface area contributed by atoms with Crippen molar-refractivity contribution in [3.05, 3.63) is 24.8 Å². The fourth-order valence-electron chi connectivity index (χ4n) is 1.64. The summed E-state index contributed by atoms with van der Waals surface area (Å²) in [5.41, 5.74) is 1.94. The van der Waals surface area contributed by atoms with Crippen molar-refractivity contribution in [1.82, 2.24) is 19.5 Å². The molecule has 0 amide bonds. The largest absolute Gasteiger partial charge is 0.464 e. The summed E-state index contributed by atoms with van der Waals surface area (Å²) < 4.78 is 1.07. The van der Waals surface area contributed by atoms with E-state index in [-0.39, 0.29) is 0 Å². The number of rotatable bonds is 0. The molecule has 0 atom stereocenters. The van der Waals surface area contributed by atoms with E-state index in [9.17, 15) is 4.79 Å². The Labute approximate surface area is 83.2 Å². The maximum atomic E-state index is 10.8. The summed E-state index contributed by atoms with van der Waals surface area (Å²) in [6.07, 6.45) is 3.55. The number of carbonyl (C=O) groups is 1. The maximum Gasteiger partial charge on any atom is 0.417 e. The quantitative estimate of drug-likeness (QED) is 0.577. The minimum atomic E-state index is -1.05. The van der Waals surface area contributed by atoms with Crippen LogP contribution in [0.1, 0.15) is 0 Å². The standard InChI is InChI=1S/C9H6N4O2/c14-9(15)13-2-1-5-7-6(11-4-12-7)3-10-8(5)13/h1-4H,(H,11,12)(H,14,15). The molecule has 0 spiro atoms. The van der Waals surface area contributed by atoms with Crippen LogP contribution in [0.4, 0.5) is 4.79 Å². The van der Waals surface area contributed by atoms with E-state index in [2.05, 4.69) is 15.0 Å². The number of hydrogen-bond acceptors (Lipinski definition) is 3. The average molecular weight is 202 g/mol. The lowest BCUT2D eigenvalue weighted by Gasteiger charge is -1.96. The minimum absolute atomic E-state index is 0.405. The molecule has 15 heavy (non-hydrogen) atoms. The average Bonchev–Trinajstić information content (AvgIpc) is 2.82. The number of aromatic nitrogens is 4. The molecule has 74 valence electrons. The molecular formula is C9H6N4O2. The van der Waals surface area contributed by atoms with Crippen molar-refractivity contribution in [1.29, 1.82) is 0 Å². The molecular weight excluding hydrogens is 196 g/mol. The lowest BCUT2D eigenvalue weighted by Crippen LogP contribution is -2.06. The van der Waals surface area contributed by atoms with E-state index < -0.39 is 6.09 Å². The van der Waals surface area contributed by atoms with Gasteiger partial charge < -0.3 is 10.1 Å². The van der Waals surface area contributed by atoms with E-state index in [4.69, 9.17) is 5.11 Å². The molecule has 3 rings (SSSR count). The van der Waals surface area contributed by atoms with Crippen molar-refractivity contribution in [2.45, 2.75) is 0 Å². The molecule has 0 saturated heterocycles. The van der Waals surface area contributed by atoms with Gasteiger partial charge in [-0.2, -0.15) is 0 Å². The smallest absolute Gasteiger partial charge is 0.417 e. The van der Waals surface area contributed by atoms with Crippen LogP contribution in [0.15, 0.2) is 24.8 Å². The van der Waals surface area contributed by atoms with E-state index in [1.807, 2.05) is 0 Å². The Morgan fingerprint density at radius 2 is 2.33 bits per heavy atom. The van der Waals surface area contributed by atoms with Crippen LogP contribution in [0.25, 0.3) is 22.1 Å². The van der Waals surface area contributed by atoms with E-state index >= 15 is 0 Å². The Bertz CT molecular complexity index is 667. The van der Waals surface area contributed by atoms with Gasteiger partial charge in [-0.15, -0.1) is 0 Å². The van der Waals surface area contributed by atoms with Crippen molar-refractivity contribution >= 4 is 28.2 Å². The topological polar surface area (TPSA) is 83.8 Å². The fraction of sp³-hybridized carbons (Fsp3) is 0. The van der Waals surface area contributed by atoms with Gasteiger partial charge in [-0.3, -0.25) is 0 Å². The van der Waals surface area contributed by atoms with Crippen molar-refractivity contribution in [3.63, 3.8) is 0 Å². The first-order chi connectivity index (χ1) is 7.27. The molecule has 0 saturated carbocycles. The zero-order chi connectivity index (χ0) is 10.4. The fourth-order valence-corrected chi connectivity index (χ4v) is 1.64.